The Bertz CT molecular complexity index is 1380. The number of urea groups is 1. The maximum Gasteiger partial charge on any atom is 1.00 e. The van der Waals surface area contributed by atoms with Gasteiger partial charge in [0.15, 0.2) is 0 Å². The van der Waals surface area contributed by atoms with Crippen LogP contribution in [0, 0.1) is 0 Å². The molecule has 4 amide bonds. The van der Waals surface area contributed by atoms with Gasteiger partial charge in [0.05, 0.1) is 17.9 Å². The van der Waals surface area contributed by atoms with E-state index in [-0.39, 0.29) is 58.2 Å². The third kappa shape index (κ3) is 5.29. The van der Waals surface area contributed by atoms with Gasteiger partial charge in [-0.3, -0.25) is 19.4 Å². The van der Waals surface area contributed by atoms with Crippen LogP contribution in [-0.4, -0.2) is 66.1 Å². The van der Waals surface area contributed by atoms with Crippen LogP contribution in [0.5, 0.6) is 11.6 Å². The molecule has 15 heteroatoms. The summed E-state index contributed by atoms with van der Waals surface area (Å²) in [4.78, 5) is 61.0. The summed E-state index contributed by atoms with van der Waals surface area (Å²) in [6.45, 7) is 1.59. The summed E-state index contributed by atoms with van der Waals surface area (Å²) in [5.41, 5.74) is 5.89. The van der Waals surface area contributed by atoms with E-state index in [1.807, 2.05) is 0 Å². The number of benzene rings is 1. The first-order valence-corrected chi connectivity index (χ1v) is 12.7. The fourth-order valence-corrected chi connectivity index (χ4v) is 5.83. The van der Waals surface area contributed by atoms with Crippen LogP contribution >= 0.6 is 11.8 Å². The van der Waals surface area contributed by atoms with Crippen LogP contribution in [0.2, 0.25) is 0 Å². The number of rotatable bonds is 7. The molecule has 2 fully saturated rings. The number of aromatic nitrogens is 2. The van der Waals surface area contributed by atoms with Crippen LogP contribution < -0.4 is 50.6 Å². The van der Waals surface area contributed by atoms with Crippen LogP contribution in [0.15, 0.2) is 41.7 Å². The average molecular weight is 563 g/mol. The Balaban J connectivity index is 0.00000353. The maximum absolute atomic E-state index is 13.7. The first-order valence-electron chi connectivity index (χ1n) is 11.7. The van der Waals surface area contributed by atoms with Gasteiger partial charge in [-0.05, 0) is 43.0 Å². The van der Waals surface area contributed by atoms with Gasteiger partial charge in [-0.1, -0.05) is 12.1 Å². The number of amides is 4. The zero-order chi connectivity index (χ0) is 27.3. The summed E-state index contributed by atoms with van der Waals surface area (Å²) in [6.07, 6.45) is 2.95. The van der Waals surface area contributed by atoms with Gasteiger partial charge >= 0.3 is 35.6 Å². The number of carbonyl (C=O) groups excluding carboxylic acids is 4. The first-order chi connectivity index (χ1) is 18.1. The van der Waals surface area contributed by atoms with Gasteiger partial charge in [0.2, 0.25) is 11.8 Å². The largest absolute Gasteiger partial charge is 1.00 e. The topological polar surface area (TPSA) is 202 Å². The molecular weight excluding hydrogens is 539 g/mol. The molecule has 1 saturated carbocycles. The molecule has 1 aliphatic carbocycles. The van der Waals surface area contributed by atoms with E-state index in [1.165, 1.54) is 42.2 Å². The number of aromatic hydroxyl groups is 2. The molecule has 5 N–H and O–H groups in total. The third-order valence-electron chi connectivity index (χ3n) is 6.57. The monoisotopic (exact) mass is 562 g/mol. The molecule has 0 spiro atoms. The number of aliphatic carboxylic acids is 1. The second kappa shape index (κ2) is 11.0. The van der Waals surface area contributed by atoms with Crippen molar-refractivity contribution in [2.24, 2.45) is 5.73 Å². The quantitative estimate of drug-likeness (QED) is 0.197. The fraction of sp³-hybridized carbons (Fsp3) is 0.333. The van der Waals surface area contributed by atoms with Crippen molar-refractivity contribution in [1.82, 2.24) is 20.2 Å². The Morgan fingerprint density at radius 2 is 1.90 bits per heavy atom. The summed E-state index contributed by atoms with van der Waals surface area (Å²) >= 11 is 1.27. The molecule has 1 aromatic heterocycles. The zero-order valence-electron chi connectivity index (χ0n) is 21.0. The van der Waals surface area contributed by atoms with Gasteiger partial charge in [-0.25, -0.2) is 9.78 Å². The Kier molecular flexibility index (Phi) is 8.12. The summed E-state index contributed by atoms with van der Waals surface area (Å²) in [5, 5.41) is 33.9. The molecule has 198 valence electrons. The normalized spacial score (nSPS) is 20.7. The number of hydrogen-bond donors (Lipinski definition) is 4. The van der Waals surface area contributed by atoms with Gasteiger partial charge < -0.3 is 31.2 Å². The average Bonchev–Trinajstić information content (AvgIpc) is 3.72. The van der Waals surface area contributed by atoms with Crippen LogP contribution in [-0.2, 0) is 14.4 Å². The molecule has 39 heavy (non-hydrogen) atoms. The molecule has 3 atom stereocenters. The number of phenolic OH excluding ortho intramolecular Hbond substituents is 1. The summed E-state index contributed by atoms with van der Waals surface area (Å²) in [6, 6.07) is 1.67. The van der Waals surface area contributed by atoms with E-state index >= 15 is 0 Å². The summed E-state index contributed by atoms with van der Waals surface area (Å²) < 4.78 is 0. The van der Waals surface area contributed by atoms with Crippen molar-refractivity contribution in [2.45, 2.75) is 43.1 Å². The van der Waals surface area contributed by atoms with Crippen molar-refractivity contribution >= 4 is 41.3 Å². The number of carboxylic acid groups (broad SMARTS) is 1. The molecular formula is C24H23N6NaO7S. The minimum absolute atomic E-state index is 0. The van der Waals surface area contributed by atoms with Crippen molar-refractivity contribution in [3.63, 3.8) is 0 Å². The Morgan fingerprint density at radius 3 is 2.46 bits per heavy atom. The van der Waals surface area contributed by atoms with Gasteiger partial charge in [0.1, 0.15) is 34.7 Å². The van der Waals surface area contributed by atoms with Crippen molar-refractivity contribution in [3.05, 3.63) is 53.1 Å². The molecule has 0 radical (unpaired) electrons. The number of nitrogens with one attached hydrogen (secondary N) is 1. The Labute approximate surface area is 248 Å². The number of thioether (sulfide) groups is 1. The maximum atomic E-state index is 13.7. The van der Waals surface area contributed by atoms with E-state index in [0.29, 0.717) is 17.2 Å². The van der Waals surface area contributed by atoms with E-state index in [2.05, 4.69) is 15.3 Å². The minimum Gasteiger partial charge on any atom is -0.543 e. The van der Waals surface area contributed by atoms with Crippen molar-refractivity contribution in [3.8, 4) is 11.6 Å². The summed E-state index contributed by atoms with van der Waals surface area (Å²) in [5.74, 6) is -2.79. The van der Waals surface area contributed by atoms with E-state index < -0.39 is 47.2 Å². The minimum atomic E-state index is -1.50. The molecule has 2 aromatic rings. The zero-order valence-corrected chi connectivity index (χ0v) is 23.8. The second-order valence-electron chi connectivity index (χ2n) is 9.23. The standard InChI is InChI=1S/C24H24N6O7S.Na/c1-10-9-38-22-15(21(34)30(22)16(10)23(35)36)27-20(33)17(11-4-6-13(31)7-5-11)29(24(25)37)14-8-26-18(12-2-3-12)28-19(14)32;/h4-8,12,15,17,22,31H,2-3,9H2,1H3,(H2,25,37)(H,27,33)(H,35,36)(H,26,28,32);/q;+1/p-1/t15?,17?,22-;/m1./s1. The number of phenols is 1. The molecule has 2 unspecified atom stereocenters. The molecule has 1 aromatic carbocycles. The van der Waals surface area contributed by atoms with Crippen LogP contribution in [0.4, 0.5) is 10.5 Å². The van der Waals surface area contributed by atoms with Gasteiger partial charge in [0.25, 0.3) is 5.91 Å². The number of nitrogens with zero attached hydrogens (tertiary/aromatic N) is 4. The predicted octanol–water partition coefficient (Wildman–Crippen LogP) is -3.18. The molecule has 1 saturated heterocycles. The third-order valence-corrected chi connectivity index (χ3v) is 8.00. The van der Waals surface area contributed by atoms with Crippen molar-refractivity contribution in [2.75, 3.05) is 10.7 Å². The van der Waals surface area contributed by atoms with E-state index in [1.54, 1.807) is 6.92 Å². The molecule has 2 aliphatic heterocycles. The smallest absolute Gasteiger partial charge is 0.543 e. The number of carbonyl (C=O) groups is 4. The van der Waals surface area contributed by atoms with Crippen molar-refractivity contribution < 1.29 is 64.1 Å². The number of hydrogen-bond acceptors (Lipinski definition) is 10. The number of nitrogens with two attached hydrogens (primary N) is 1. The molecule has 13 nitrogen and oxygen atoms in total. The fourth-order valence-electron chi connectivity index (χ4n) is 4.54. The Hall–Kier alpha value is -3.33. The number of fused-ring (bicyclic) bond motifs is 1. The number of carboxylic acids is 1. The number of primary amides is 1. The molecule has 0 bridgehead atoms. The SMILES string of the molecule is CC1=C(C(=O)[O-])N2C(=O)C(NC(=O)C(c3ccc(O)cc3)N(C(N)=O)c3cnc(C4CC4)nc3O)[C@H]2SC1.[Na+]. The van der Waals surface area contributed by atoms with Crippen LogP contribution in [0.1, 0.15) is 43.1 Å². The van der Waals surface area contributed by atoms with Gasteiger partial charge in [0, 0.05) is 11.7 Å². The Morgan fingerprint density at radius 1 is 1.23 bits per heavy atom. The van der Waals surface area contributed by atoms with Gasteiger partial charge in [-0.2, -0.15) is 4.98 Å². The van der Waals surface area contributed by atoms with Gasteiger partial charge in [-0.15, -0.1) is 11.8 Å². The van der Waals surface area contributed by atoms with Crippen LogP contribution in [0.25, 0.3) is 0 Å². The van der Waals surface area contributed by atoms with E-state index in [0.717, 1.165) is 22.6 Å². The molecule has 5 rings (SSSR count). The van der Waals surface area contributed by atoms with Crippen LogP contribution in [0.3, 0.4) is 0 Å². The molecule has 3 heterocycles. The first kappa shape index (κ1) is 28.7. The summed E-state index contributed by atoms with van der Waals surface area (Å²) in [7, 11) is 0. The van der Waals surface area contributed by atoms with E-state index in [4.69, 9.17) is 5.73 Å². The number of β-lactam (4-membered cyclic amide) rings is 1. The number of anilines is 1. The molecule has 3 aliphatic rings. The van der Waals surface area contributed by atoms with Crippen molar-refractivity contribution in [1.29, 1.82) is 0 Å². The second-order valence-corrected chi connectivity index (χ2v) is 10.3. The predicted molar refractivity (Wildman–Crippen MR) is 131 cm³/mol. The van der Waals surface area contributed by atoms with E-state index in [9.17, 15) is 34.5 Å².